The second-order valence-corrected chi connectivity index (χ2v) is 10.9. The van der Waals surface area contributed by atoms with Crippen LogP contribution in [0, 0.1) is 22.3 Å². The Morgan fingerprint density at radius 3 is 2.34 bits per heavy atom. The Bertz CT molecular complexity index is 1070. The summed E-state index contributed by atoms with van der Waals surface area (Å²) >= 11 is 2.41. The normalized spacial score (nSPS) is 13.1. The molecule has 4 heteroatoms. The van der Waals surface area contributed by atoms with Crippen LogP contribution in [-0.4, -0.2) is 20.3 Å². The second-order valence-electron chi connectivity index (χ2n) is 9.68. The van der Waals surface area contributed by atoms with Gasteiger partial charge in [0.2, 0.25) is 0 Å². The molecule has 0 aromatic heterocycles. The minimum atomic E-state index is -0.160. The average molecular weight is 585 g/mol. The molecule has 2 unspecified atom stereocenters. The van der Waals surface area contributed by atoms with Crippen LogP contribution in [0.1, 0.15) is 50.3 Å². The first-order chi connectivity index (χ1) is 16.9. The molecule has 0 heterocycles. The molecule has 3 rings (SSSR count). The van der Waals surface area contributed by atoms with E-state index in [0.29, 0.717) is 12.5 Å². The summed E-state index contributed by atoms with van der Waals surface area (Å²) in [6.45, 7) is 13.5. The summed E-state index contributed by atoms with van der Waals surface area (Å²) in [4.78, 5) is 0. The van der Waals surface area contributed by atoms with Crippen LogP contribution in [0.2, 0.25) is 0 Å². The second kappa shape index (κ2) is 13.3. The van der Waals surface area contributed by atoms with E-state index in [1.807, 2.05) is 18.2 Å². The zero-order valence-electron chi connectivity index (χ0n) is 21.5. The van der Waals surface area contributed by atoms with Crippen molar-refractivity contribution < 1.29 is 9.47 Å². The van der Waals surface area contributed by atoms with Crippen LogP contribution >= 0.6 is 22.6 Å². The summed E-state index contributed by atoms with van der Waals surface area (Å²) in [6, 6.07) is 25.6. The molecule has 1 radical (unpaired) electrons. The molecule has 187 valence electrons. The van der Waals surface area contributed by atoms with E-state index in [2.05, 4.69) is 110 Å². The molecule has 1 N–H and O–H groups in total. The van der Waals surface area contributed by atoms with Crippen molar-refractivity contribution in [2.75, 3.05) is 20.3 Å². The standard InChI is InChI=1S/C31H39INO2/c1-23(2)16-17-31(24(3)4,26-11-8-13-28(32)20-26)27-12-9-14-29(21-27)35-19-18-33-22-25-10-6-7-15-30(25)34-5/h6-15,20-21,23-24,33H,3,16-19,22H2,1-2,4-5H3. The summed E-state index contributed by atoms with van der Waals surface area (Å²) in [5, 5.41) is 3.46. The lowest BCUT2D eigenvalue weighted by Crippen LogP contribution is -2.34. The fourth-order valence-corrected chi connectivity index (χ4v) is 5.27. The lowest BCUT2D eigenvalue weighted by molar-refractivity contribution is 0.308. The smallest absolute Gasteiger partial charge is 0.123 e. The number of para-hydroxylation sites is 1. The minimum Gasteiger partial charge on any atom is -0.496 e. The predicted octanol–water partition coefficient (Wildman–Crippen LogP) is 7.66. The number of rotatable bonds is 13. The Balaban J connectivity index is 1.75. The molecule has 0 fully saturated rings. The largest absolute Gasteiger partial charge is 0.496 e. The summed E-state index contributed by atoms with van der Waals surface area (Å²) in [7, 11) is 1.71. The lowest BCUT2D eigenvalue weighted by Gasteiger charge is -2.40. The van der Waals surface area contributed by atoms with Crippen LogP contribution in [0.3, 0.4) is 0 Å². The molecule has 3 aromatic carbocycles. The first-order valence-corrected chi connectivity index (χ1v) is 13.6. The Hall–Kier alpha value is -2.05. The van der Waals surface area contributed by atoms with Crippen LogP contribution in [-0.2, 0) is 12.0 Å². The number of benzene rings is 3. The van der Waals surface area contributed by atoms with Crippen LogP contribution in [0.15, 0.2) is 72.8 Å². The highest BCUT2D eigenvalue weighted by molar-refractivity contribution is 14.1. The van der Waals surface area contributed by atoms with E-state index in [-0.39, 0.29) is 11.3 Å². The van der Waals surface area contributed by atoms with Crippen molar-refractivity contribution in [3.63, 3.8) is 0 Å². The van der Waals surface area contributed by atoms with E-state index >= 15 is 0 Å². The maximum Gasteiger partial charge on any atom is 0.123 e. The zero-order chi connectivity index (χ0) is 25.3. The minimum absolute atomic E-state index is 0.160. The molecule has 0 saturated heterocycles. The number of ether oxygens (including phenoxy) is 2. The predicted molar refractivity (Wildman–Crippen MR) is 155 cm³/mol. The third-order valence-corrected chi connectivity index (χ3v) is 7.37. The highest BCUT2D eigenvalue weighted by atomic mass is 127. The topological polar surface area (TPSA) is 30.5 Å². The van der Waals surface area contributed by atoms with Crippen LogP contribution < -0.4 is 14.8 Å². The van der Waals surface area contributed by atoms with Gasteiger partial charge in [-0.1, -0.05) is 63.2 Å². The first kappa shape index (κ1) is 27.5. The third kappa shape index (κ3) is 7.23. The SMILES string of the molecule is [CH2]C(C)C(CCC(C)C)(c1cccc(I)c1)c1cccc(OCCNCc2ccccc2OC)c1. The van der Waals surface area contributed by atoms with Crippen molar-refractivity contribution >= 4 is 22.6 Å². The van der Waals surface area contributed by atoms with E-state index < -0.39 is 0 Å². The molecule has 0 aliphatic rings. The van der Waals surface area contributed by atoms with Gasteiger partial charge < -0.3 is 14.8 Å². The molecular weight excluding hydrogens is 545 g/mol. The number of hydrogen-bond donors (Lipinski definition) is 1. The van der Waals surface area contributed by atoms with Crippen molar-refractivity contribution in [1.82, 2.24) is 5.32 Å². The molecule has 2 atom stereocenters. The number of hydrogen-bond acceptors (Lipinski definition) is 3. The number of nitrogens with one attached hydrogen (secondary N) is 1. The highest BCUT2D eigenvalue weighted by Crippen LogP contribution is 2.45. The van der Waals surface area contributed by atoms with E-state index in [1.54, 1.807) is 7.11 Å². The number of halogens is 1. The molecule has 0 bridgehead atoms. The highest BCUT2D eigenvalue weighted by Gasteiger charge is 2.37. The van der Waals surface area contributed by atoms with Gasteiger partial charge >= 0.3 is 0 Å². The van der Waals surface area contributed by atoms with Gasteiger partial charge in [0.1, 0.15) is 18.1 Å². The first-order valence-electron chi connectivity index (χ1n) is 12.5. The van der Waals surface area contributed by atoms with Gasteiger partial charge in [0.25, 0.3) is 0 Å². The summed E-state index contributed by atoms with van der Waals surface area (Å²) < 4.78 is 12.9. The summed E-state index contributed by atoms with van der Waals surface area (Å²) in [5.41, 5.74) is 3.60. The molecule has 0 amide bonds. The number of methoxy groups -OCH3 is 1. The van der Waals surface area contributed by atoms with E-state index in [1.165, 1.54) is 14.7 Å². The average Bonchev–Trinajstić information content (AvgIpc) is 2.84. The Morgan fingerprint density at radius 2 is 1.66 bits per heavy atom. The van der Waals surface area contributed by atoms with Gasteiger partial charge in [0.05, 0.1) is 7.11 Å². The monoisotopic (exact) mass is 584 g/mol. The zero-order valence-corrected chi connectivity index (χ0v) is 23.7. The van der Waals surface area contributed by atoms with E-state index in [4.69, 9.17) is 9.47 Å². The fourth-order valence-electron chi connectivity index (χ4n) is 4.73. The van der Waals surface area contributed by atoms with Crippen molar-refractivity contribution in [2.45, 2.75) is 45.6 Å². The lowest BCUT2D eigenvalue weighted by atomic mass is 9.64. The molecule has 0 spiro atoms. The Labute approximate surface area is 225 Å². The van der Waals surface area contributed by atoms with Crippen molar-refractivity contribution in [2.24, 2.45) is 11.8 Å². The van der Waals surface area contributed by atoms with Gasteiger partial charge in [-0.25, -0.2) is 0 Å². The molecule has 0 aliphatic heterocycles. The third-order valence-electron chi connectivity index (χ3n) is 6.70. The fraction of sp³-hybridized carbons (Fsp3) is 0.387. The van der Waals surface area contributed by atoms with Gasteiger partial charge in [-0.3, -0.25) is 0 Å². The Morgan fingerprint density at radius 1 is 0.943 bits per heavy atom. The van der Waals surface area contributed by atoms with Crippen LogP contribution in [0.25, 0.3) is 0 Å². The van der Waals surface area contributed by atoms with Gasteiger partial charge in [-0.05, 0) is 95.7 Å². The van der Waals surface area contributed by atoms with Crippen LogP contribution in [0.4, 0.5) is 0 Å². The van der Waals surface area contributed by atoms with Crippen molar-refractivity contribution in [1.29, 1.82) is 0 Å². The maximum absolute atomic E-state index is 6.19. The van der Waals surface area contributed by atoms with Crippen molar-refractivity contribution in [3.8, 4) is 11.5 Å². The molecule has 3 nitrogen and oxygen atoms in total. The van der Waals surface area contributed by atoms with Crippen molar-refractivity contribution in [3.05, 3.63) is 100.0 Å². The summed E-state index contributed by atoms with van der Waals surface area (Å²) in [5.74, 6) is 2.65. The molecular formula is C31H39INO2. The van der Waals surface area contributed by atoms with E-state index in [9.17, 15) is 0 Å². The van der Waals surface area contributed by atoms with Gasteiger partial charge in [-0.15, -0.1) is 0 Å². The summed E-state index contributed by atoms with van der Waals surface area (Å²) in [6.07, 6.45) is 2.20. The van der Waals surface area contributed by atoms with E-state index in [0.717, 1.165) is 43.0 Å². The van der Waals surface area contributed by atoms with Gasteiger partial charge in [0, 0.05) is 27.6 Å². The molecule has 35 heavy (non-hydrogen) atoms. The van der Waals surface area contributed by atoms with Gasteiger partial charge in [-0.2, -0.15) is 0 Å². The Kier molecular flexibility index (Phi) is 10.5. The molecule has 0 saturated carbocycles. The van der Waals surface area contributed by atoms with Gasteiger partial charge in [0.15, 0.2) is 0 Å². The quantitative estimate of drug-likeness (QED) is 0.165. The van der Waals surface area contributed by atoms with Crippen LogP contribution in [0.5, 0.6) is 11.5 Å². The maximum atomic E-state index is 6.19. The molecule has 0 aliphatic carbocycles. The molecule has 3 aromatic rings.